The second-order valence-electron chi connectivity index (χ2n) is 4.87. The summed E-state index contributed by atoms with van der Waals surface area (Å²) in [6.45, 7) is 0. The molecule has 112 valence electrons. The molecule has 0 aliphatic carbocycles. The van der Waals surface area contributed by atoms with Crippen LogP contribution in [0.15, 0.2) is 48.5 Å². The van der Waals surface area contributed by atoms with Gasteiger partial charge in [-0.1, -0.05) is 59.6 Å². The molecule has 0 amide bonds. The molecule has 0 spiro atoms. The zero-order chi connectivity index (χ0) is 15.2. The molecule has 0 saturated carbocycles. The second-order valence-corrected chi connectivity index (χ2v) is 5.68. The summed E-state index contributed by atoms with van der Waals surface area (Å²) >= 11 is 12.5. The molecule has 2 unspecified atom stereocenters. The highest BCUT2D eigenvalue weighted by molar-refractivity contribution is 6.36. The van der Waals surface area contributed by atoms with Crippen LogP contribution in [0.25, 0.3) is 0 Å². The summed E-state index contributed by atoms with van der Waals surface area (Å²) in [7, 11) is 3.64. The number of ether oxygens (including phenoxy) is 1. The first kappa shape index (κ1) is 16.3. The largest absolute Gasteiger partial charge is 0.375 e. The minimum absolute atomic E-state index is 0.0662. The number of hydrogen-bond donors (Lipinski definition) is 1. The molecule has 0 aliphatic heterocycles. The van der Waals surface area contributed by atoms with E-state index in [2.05, 4.69) is 17.4 Å². The van der Waals surface area contributed by atoms with Gasteiger partial charge < -0.3 is 10.1 Å². The van der Waals surface area contributed by atoms with Crippen LogP contribution in [-0.4, -0.2) is 20.2 Å². The molecule has 2 atom stereocenters. The maximum absolute atomic E-state index is 6.27. The summed E-state index contributed by atoms with van der Waals surface area (Å²) in [5, 5.41) is 4.68. The van der Waals surface area contributed by atoms with Crippen molar-refractivity contribution in [3.63, 3.8) is 0 Å². The van der Waals surface area contributed by atoms with E-state index < -0.39 is 0 Å². The molecule has 2 aromatic carbocycles. The van der Waals surface area contributed by atoms with E-state index in [4.69, 9.17) is 27.9 Å². The lowest BCUT2D eigenvalue weighted by atomic mass is 9.96. The van der Waals surface area contributed by atoms with Crippen molar-refractivity contribution in [2.45, 2.75) is 18.6 Å². The monoisotopic (exact) mass is 323 g/mol. The van der Waals surface area contributed by atoms with Crippen LogP contribution in [0.1, 0.15) is 17.2 Å². The first-order chi connectivity index (χ1) is 10.2. The van der Waals surface area contributed by atoms with E-state index in [1.165, 1.54) is 0 Å². The Morgan fingerprint density at radius 2 is 1.62 bits per heavy atom. The smallest absolute Gasteiger partial charge is 0.0977 e. The van der Waals surface area contributed by atoms with Crippen LogP contribution in [0.2, 0.25) is 10.0 Å². The van der Waals surface area contributed by atoms with Gasteiger partial charge in [-0.15, -0.1) is 0 Å². The third-order valence-corrected chi connectivity index (χ3v) is 4.31. The first-order valence-electron chi connectivity index (χ1n) is 6.85. The molecular formula is C17H19Cl2NO. The number of hydrogen-bond acceptors (Lipinski definition) is 2. The number of nitrogens with one attached hydrogen (secondary N) is 1. The predicted molar refractivity (Wildman–Crippen MR) is 89.2 cm³/mol. The van der Waals surface area contributed by atoms with Gasteiger partial charge in [0, 0.05) is 23.2 Å². The number of halogens is 2. The van der Waals surface area contributed by atoms with E-state index in [0.29, 0.717) is 16.5 Å². The van der Waals surface area contributed by atoms with Crippen LogP contribution in [0, 0.1) is 0 Å². The lowest BCUT2D eigenvalue weighted by Gasteiger charge is -2.27. The summed E-state index contributed by atoms with van der Waals surface area (Å²) in [5.74, 6) is 0. The van der Waals surface area contributed by atoms with Crippen molar-refractivity contribution in [1.29, 1.82) is 0 Å². The third-order valence-electron chi connectivity index (χ3n) is 3.60. The van der Waals surface area contributed by atoms with Crippen LogP contribution >= 0.6 is 23.2 Å². The van der Waals surface area contributed by atoms with Crippen molar-refractivity contribution < 1.29 is 4.74 Å². The van der Waals surface area contributed by atoms with Gasteiger partial charge in [0.1, 0.15) is 0 Å². The van der Waals surface area contributed by atoms with E-state index >= 15 is 0 Å². The first-order valence-corrected chi connectivity index (χ1v) is 7.61. The molecule has 0 aliphatic rings. The predicted octanol–water partition coefficient (Wildman–Crippen LogP) is 4.51. The standard InChI is InChI=1S/C17H19Cl2NO/c1-20-16(11-13-14(18)9-6-10-15(13)19)17(21-2)12-7-4-3-5-8-12/h3-10,16-17,20H,11H2,1-2H3. The van der Waals surface area contributed by atoms with Crippen molar-refractivity contribution in [2.24, 2.45) is 0 Å². The van der Waals surface area contributed by atoms with E-state index in [0.717, 1.165) is 11.1 Å². The fraction of sp³-hybridized carbons (Fsp3) is 0.294. The van der Waals surface area contributed by atoms with Crippen LogP contribution in [0.5, 0.6) is 0 Å². The highest BCUT2D eigenvalue weighted by Crippen LogP contribution is 2.29. The van der Waals surface area contributed by atoms with E-state index in [1.54, 1.807) is 7.11 Å². The average Bonchev–Trinajstić information content (AvgIpc) is 2.51. The number of rotatable bonds is 6. The van der Waals surface area contributed by atoms with Crippen LogP contribution < -0.4 is 5.32 Å². The molecule has 1 N–H and O–H groups in total. The zero-order valence-electron chi connectivity index (χ0n) is 12.1. The SMILES string of the molecule is CNC(Cc1c(Cl)cccc1Cl)C(OC)c1ccccc1. The highest BCUT2D eigenvalue weighted by atomic mass is 35.5. The maximum atomic E-state index is 6.27. The number of methoxy groups -OCH3 is 1. The summed E-state index contributed by atoms with van der Waals surface area (Å²) in [5.41, 5.74) is 2.07. The molecular weight excluding hydrogens is 305 g/mol. The molecule has 2 rings (SSSR count). The summed E-state index contributed by atoms with van der Waals surface area (Å²) in [6.07, 6.45) is 0.631. The van der Waals surface area contributed by atoms with Crippen molar-refractivity contribution in [3.8, 4) is 0 Å². The zero-order valence-corrected chi connectivity index (χ0v) is 13.7. The van der Waals surface area contributed by atoms with Gasteiger partial charge >= 0.3 is 0 Å². The van der Waals surface area contributed by atoms with Crippen LogP contribution in [-0.2, 0) is 11.2 Å². The molecule has 0 heterocycles. The van der Waals surface area contributed by atoms with Gasteiger partial charge in [0.25, 0.3) is 0 Å². The Balaban J connectivity index is 2.26. The Bertz CT molecular complexity index is 554. The fourth-order valence-corrected chi connectivity index (χ4v) is 3.03. The Kier molecular flexibility index (Phi) is 6.07. The lowest BCUT2D eigenvalue weighted by Crippen LogP contribution is -2.35. The Labute approximate surface area is 136 Å². The third kappa shape index (κ3) is 3.98. The molecule has 0 aromatic heterocycles. The minimum atomic E-state index is -0.0662. The normalized spacial score (nSPS) is 13.9. The van der Waals surface area contributed by atoms with Gasteiger partial charge in [-0.3, -0.25) is 0 Å². The van der Waals surface area contributed by atoms with Crippen molar-refractivity contribution in [3.05, 3.63) is 69.7 Å². The molecule has 0 saturated heterocycles. The fourth-order valence-electron chi connectivity index (χ4n) is 2.48. The second kappa shape index (κ2) is 7.81. The summed E-state index contributed by atoms with van der Waals surface area (Å²) < 4.78 is 5.69. The minimum Gasteiger partial charge on any atom is -0.375 e. The van der Waals surface area contributed by atoms with Crippen LogP contribution in [0.4, 0.5) is 0 Å². The highest BCUT2D eigenvalue weighted by Gasteiger charge is 2.23. The average molecular weight is 324 g/mol. The van der Waals surface area contributed by atoms with Gasteiger partial charge in [0.2, 0.25) is 0 Å². The van der Waals surface area contributed by atoms with E-state index in [9.17, 15) is 0 Å². The van der Waals surface area contributed by atoms with Crippen molar-refractivity contribution >= 4 is 23.2 Å². The topological polar surface area (TPSA) is 21.3 Å². The summed E-state index contributed by atoms with van der Waals surface area (Å²) in [6, 6.07) is 15.8. The van der Waals surface area contributed by atoms with Gasteiger partial charge in [0.05, 0.1) is 6.10 Å². The Morgan fingerprint density at radius 1 is 1.00 bits per heavy atom. The number of likely N-dealkylation sites (N-methyl/N-ethyl adjacent to an activating group) is 1. The van der Waals surface area contributed by atoms with Crippen LogP contribution in [0.3, 0.4) is 0 Å². The van der Waals surface area contributed by atoms with Crippen molar-refractivity contribution in [1.82, 2.24) is 5.32 Å². The molecule has 2 nitrogen and oxygen atoms in total. The Morgan fingerprint density at radius 3 is 2.14 bits per heavy atom. The van der Waals surface area contributed by atoms with E-state index in [-0.39, 0.29) is 12.1 Å². The maximum Gasteiger partial charge on any atom is 0.0977 e. The lowest BCUT2D eigenvalue weighted by molar-refractivity contribution is 0.0704. The van der Waals surface area contributed by atoms with Gasteiger partial charge in [0.15, 0.2) is 0 Å². The quantitative estimate of drug-likeness (QED) is 0.844. The summed E-state index contributed by atoms with van der Waals surface area (Å²) in [4.78, 5) is 0. The van der Waals surface area contributed by atoms with E-state index in [1.807, 2.05) is 43.4 Å². The van der Waals surface area contributed by atoms with Gasteiger partial charge in [-0.05, 0) is 36.7 Å². The van der Waals surface area contributed by atoms with Gasteiger partial charge in [-0.2, -0.15) is 0 Å². The molecule has 0 fully saturated rings. The molecule has 4 heteroatoms. The molecule has 0 radical (unpaired) electrons. The molecule has 0 bridgehead atoms. The van der Waals surface area contributed by atoms with Gasteiger partial charge in [-0.25, -0.2) is 0 Å². The Hall–Kier alpha value is -1.06. The van der Waals surface area contributed by atoms with Crippen molar-refractivity contribution in [2.75, 3.05) is 14.2 Å². The molecule has 2 aromatic rings. The number of benzene rings is 2. The molecule has 21 heavy (non-hydrogen) atoms.